The molecule has 0 aromatic rings. The van der Waals surface area contributed by atoms with Crippen molar-refractivity contribution in [3.8, 4) is 0 Å². The Bertz CT molecular complexity index is 837. The van der Waals surface area contributed by atoms with Crippen LogP contribution < -0.4 is 0 Å². The molecule has 0 N–H and O–H groups in total. The molecule has 0 saturated heterocycles. The molecule has 0 saturated carbocycles. The maximum Gasteiger partial charge on any atom is 0.546 e. The van der Waals surface area contributed by atoms with Crippen molar-refractivity contribution in [2.24, 2.45) is 4.99 Å². The Kier molecular flexibility index (Phi) is 6.84. The largest absolute Gasteiger partial charge is 0.546 e. The molecule has 15 heteroatoms. The van der Waals surface area contributed by atoms with Gasteiger partial charge in [-0.3, -0.25) is 0 Å². The first-order valence-corrected chi connectivity index (χ1v) is 10.4. The van der Waals surface area contributed by atoms with Gasteiger partial charge in [0, 0.05) is 8.38 Å². The second kappa shape index (κ2) is 7.85. The topological polar surface area (TPSA) is 86.7 Å². The number of unbranched alkanes of at least 4 members (excludes halogenated alkanes) is 3. The number of alkyl halides is 6. The first-order chi connectivity index (χ1) is 12.1. The normalized spacial score (nSPS) is 16.4. The maximum absolute atomic E-state index is 12.8. The molecule has 1 heterocycles. The van der Waals surface area contributed by atoms with Gasteiger partial charge in [-0.15, -0.1) is 0 Å². The van der Waals surface area contributed by atoms with E-state index in [0.717, 1.165) is 19.9 Å². The summed E-state index contributed by atoms with van der Waals surface area (Å²) in [5.41, 5.74) is -12.6. The average molecular weight is 445 g/mol. The summed E-state index contributed by atoms with van der Waals surface area (Å²) in [6, 6.07) is 0. The van der Waals surface area contributed by atoms with Gasteiger partial charge in [0.1, 0.15) is 7.05 Å². The molecule has 0 bridgehead atoms. The van der Waals surface area contributed by atoms with E-state index in [4.69, 9.17) is 0 Å². The molecule has 0 amide bonds. The average Bonchev–Trinajstić information content (AvgIpc) is 2.82. The van der Waals surface area contributed by atoms with E-state index in [1.54, 1.807) is 0 Å². The van der Waals surface area contributed by atoms with Crippen molar-refractivity contribution in [2.45, 2.75) is 50.0 Å². The van der Waals surface area contributed by atoms with Crippen LogP contribution in [0.2, 0.25) is 0 Å². The third-order valence-corrected chi connectivity index (χ3v) is 7.12. The number of sulfonamides is 2. The summed E-state index contributed by atoms with van der Waals surface area (Å²) in [7, 11) is -12.9. The third-order valence-electron chi connectivity index (χ3n) is 3.52. The zero-order valence-electron chi connectivity index (χ0n) is 14.2. The first kappa shape index (κ1) is 23.5. The van der Waals surface area contributed by atoms with Crippen molar-refractivity contribution < 1.29 is 51.1 Å². The van der Waals surface area contributed by atoms with Gasteiger partial charge in [-0.1, -0.05) is 26.2 Å². The molecule has 156 valence electrons. The van der Waals surface area contributed by atoms with E-state index < -0.39 is 40.3 Å². The van der Waals surface area contributed by atoms with Crippen LogP contribution in [0, 0.1) is 0 Å². The summed E-state index contributed by atoms with van der Waals surface area (Å²) in [5.74, 6) is -1.43. The van der Waals surface area contributed by atoms with E-state index in [9.17, 15) is 43.2 Å². The summed E-state index contributed by atoms with van der Waals surface area (Å²) in [6.45, 7) is 1.92. The van der Waals surface area contributed by atoms with Crippen LogP contribution in [0.4, 0.5) is 26.3 Å². The van der Waals surface area contributed by atoms with Crippen LogP contribution in [0.3, 0.4) is 0 Å². The van der Waals surface area contributed by atoms with Gasteiger partial charge >= 0.3 is 42.7 Å². The zero-order valence-corrected chi connectivity index (χ0v) is 15.8. The van der Waals surface area contributed by atoms with Crippen molar-refractivity contribution in [3.05, 3.63) is 0 Å². The Labute approximate surface area is 151 Å². The standard InChI is InChI=1S/C12H17F6N3O4S2/c1-3-4-5-6-7-9-19-8-10(20(9)2)21(26(22,23)11(13,14)15)27(24,25)12(16,17)18/h8H,3-7H2,1-2H3/q+2. The molecular weight excluding hydrogens is 428 g/mol. The lowest BCUT2D eigenvalue weighted by atomic mass is 10.1. The lowest BCUT2D eigenvalue weighted by Gasteiger charge is -2.11. The molecule has 1 rings (SSSR count). The number of hydrogen-bond donors (Lipinski definition) is 0. The second-order valence-corrected chi connectivity index (χ2v) is 9.29. The zero-order chi connectivity index (χ0) is 21.3. The summed E-state index contributed by atoms with van der Waals surface area (Å²) in [6.07, 6.45) is 3.34. The highest BCUT2D eigenvalue weighted by molar-refractivity contribution is 7.98. The fraction of sp³-hybridized carbons (Fsp3) is 0.750. The van der Waals surface area contributed by atoms with E-state index in [2.05, 4.69) is 4.99 Å². The third kappa shape index (κ3) is 4.67. The highest BCUT2D eigenvalue weighted by Gasteiger charge is 2.67. The SMILES string of the molecule is CCCCCCC1=[N+](C)C(=[N+](S(=O)(=O)C(F)(F)F)S(=O)(=O)C(F)(F)F)C=N1. The fourth-order valence-corrected chi connectivity index (χ4v) is 4.86. The Morgan fingerprint density at radius 2 is 1.44 bits per heavy atom. The Hall–Kier alpha value is -1.51. The molecule has 0 unspecified atom stereocenters. The van der Waals surface area contributed by atoms with Crippen molar-refractivity contribution in [1.82, 2.24) is 0 Å². The smallest absolute Gasteiger partial charge is 0.166 e. The molecule has 0 radical (unpaired) electrons. The molecule has 0 aromatic heterocycles. The van der Waals surface area contributed by atoms with Crippen LogP contribution in [-0.2, 0) is 20.0 Å². The number of rotatable bonds is 7. The number of aliphatic imine (C=N–C) groups is 1. The van der Waals surface area contributed by atoms with Crippen LogP contribution in [0.25, 0.3) is 0 Å². The molecule has 1 aliphatic rings. The quantitative estimate of drug-likeness (QED) is 0.342. The molecule has 0 fully saturated rings. The summed E-state index contributed by atoms with van der Waals surface area (Å²) < 4.78 is 122. The van der Waals surface area contributed by atoms with Crippen molar-refractivity contribution in [3.63, 3.8) is 0 Å². The highest BCUT2D eigenvalue weighted by atomic mass is 32.3. The molecule has 0 aromatic carbocycles. The van der Waals surface area contributed by atoms with E-state index in [1.807, 2.05) is 6.92 Å². The first-order valence-electron chi connectivity index (χ1n) is 7.52. The van der Waals surface area contributed by atoms with Crippen LogP contribution in [0.1, 0.15) is 39.0 Å². The van der Waals surface area contributed by atoms with E-state index >= 15 is 0 Å². The lowest BCUT2D eigenvalue weighted by Crippen LogP contribution is -2.48. The number of nitrogens with zero attached hydrogens (tertiary/aromatic N) is 3. The molecule has 0 spiro atoms. The second-order valence-electron chi connectivity index (χ2n) is 5.50. The minimum atomic E-state index is -6.91. The van der Waals surface area contributed by atoms with Crippen molar-refractivity contribution >= 4 is 37.9 Å². The molecule has 0 atom stereocenters. The van der Waals surface area contributed by atoms with Gasteiger partial charge in [0.05, 0.1) is 6.42 Å². The monoisotopic (exact) mass is 445 g/mol. The summed E-state index contributed by atoms with van der Waals surface area (Å²) >= 11 is 0. The van der Waals surface area contributed by atoms with E-state index in [1.165, 1.54) is 0 Å². The van der Waals surface area contributed by atoms with Gasteiger partial charge in [-0.25, -0.2) is 0 Å². The predicted molar refractivity (Wildman–Crippen MR) is 83.7 cm³/mol. The van der Waals surface area contributed by atoms with E-state index in [-0.39, 0.29) is 12.3 Å². The molecule has 1 aliphatic heterocycles. The highest BCUT2D eigenvalue weighted by Crippen LogP contribution is 2.32. The van der Waals surface area contributed by atoms with Crippen molar-refractivity contribution in [2.75, 3.05) is 7.05 Å². The molecule has 0 aliphatic carbocycles. The van der Waals surface area contributed by atoms with Crippen LogP contribution in [0.15, 0.2) is 4.99 Å². The molecule has 27 heavy (non-hydrogen) atoms. The minimum Gasteiger partial charge on any atom is -0.166 e. The number of amidine groups is 2. The molecular formula is C12H17F6N3O4S2+2. The Morgan fingerprint density at radius 1 is 0.963 bits per heavy atom. The van der Waals surface area contributed by atoms with Gasteiger partial charge in [-0.05, 0) is 6.42 Å². The van der Waals surface area contributed by atoms with Crippen LogP contribution >= 0.6 is 0 Å². The lowest BCUT2D eigenvalue weighted by molar-refractivity contribution is -0.419. The fourth-order valence-electron chi connectivity index (χ4n) is 2.11. The summed E-state index contributed by atoms with van der Waals surface area (Å²) in [5, 5.41) is 0. The Morgan fingerprint density at radius 3 is 1.85 bits per heavy atom. The van der Waals surface area contributed by atoms with E-state index in [0.29, 0.717) is 23.6 Å². The van der Waals surface area contributed by atoms with Gasteiger partial charge < -0.3 is 0 Å². The van der Waals surface area contributed by atoms with Gasteiger partial charge in [0.15, 0.2) is 0 Å². The number of hydrogen-bond acceptors (Lipinski definition) is 5. The number of halogens is 6. The van der Waals surface area contributed by atoms with Gasteiger partial charge in [-0.2, -0.15) is 47.8 Å². The van der Waals surface area contributed by atoms with Crippen LogP contribution in [-0.4, -0.2) is 60.7 Å². The van der Waals surface area contributed by atoms with Gasteiger partial charge in [0.25, 0.3) is 6.21 Å². The van der Waals surface area contributed by atoms with Gasteiger partial charge in [0.2, 0.25) is 0 Å². The Balaban J connectivity index is 3.63. The van der Waals surface area contributed by atoms with Crippen LogP contribution in [0.5, 0.6) is 0 Å². The minimum absolute atomic E-state index is 0.0548. The maximum atomic E-state index is 12.8. The van der Waals surface area contributed by atoms with Crippen molar-refractivity contribution in [1.29, 1.82) is 0 Å². The predicted octanol–water partition coefficient (Wildman–Crippen LogP) is 2.19. The molecule has 7 nitrogen and oxygen atoms in total. The summed E-state index contributed by atoms with van der Waals surface area (Å²) in [4.78, 5) is 3.58.